The van der Waals surface area contributed by atoms with Crippen molar-refractivity contribution in [1.29, 1.82) is 0 Å². The van der Waals surface area contributed by atoms with Crippen molar-refractivity contribution in [2.45, 2.75) is 26.6 Å². The van der Waals surface area contributed by atoms with Crippen molar-refractivity contribution in [3.8, 4) is 11.5 Å². The van der Waals surface area contributed by atoms with E-state index in [0.717, 1.165) is 23.1 Å². The van der Waals surface area contributed by atoms with Crippen LogP contribution in [0.15, 0.2) is 59.4 Å². The third kappa shape index (κ3) is 3.11. The number of aromatic nitrogens is 4. The number of amides is 1. The van der Waals surface area contributed by atoms with Crippen molar-refractivity contribution < 1.29 is 9.32 Å². The predicted molar refractivity (Wildman–Crippen MR) is 97.2 cm³/mol. The van der Waals surface area contributed by atoms with E-state index in [9.17, 15) is 4.79 Å². The zero-order chi connectivity index (χ0) is 17.9. The number of carbonyl (C=O) groups is 1. The van der Waals surface area contributed by atoms with Crippen LogP contribution >= 0.6 is 0 Å². The van der Waals surface area contributed by atoms with Crippen molar-refractivity contribution in [2.75, 3.05) is 0 Å². The maximum atomic E-state index is 12.2. The van der Waals surface area contributed by atoms with E-state index >= 15 is 0 Å². The molecule has 0 saturated heterocycles. The molecule has 1 N–H and O–H groups in total. The van der Waals surface area contributed by atoms with Crippen molar-refractivity contribution in [1.82, 2.24) is 24.6 Å². The number of nitrogens with one attached hydrogen (secondary N) is 1. The highest BCUT2D eigenvalue weighted by atomic mass is 16.5. The lowest BCUT2D eigenvalue weighted by molar-refractivity contribution is -0.121. The van der Waals surface area contributed by atoms with Gasteiger partial charge in [-0.3, -0.25) is 4.79 Å². The van der Waals surface area contributed by atoms with Gasteiger partial charge >= 0.3 is 0 Å². The molecular weight excluding hydrogens is 330 g/mol. The van der Waals surface area contributed by atoms with Crippen molar-refractivity contribution >= 4 is 16.8 Å². The van der Waals surface area contributed by atoms with Gasteiger partial charge in [-0.05, 0) is 36.6 Å². The summed E-state index contributed by atoms with van der Waals surface area (Å²) in [7, 11) is 0. The largest absolute Gasteiger partial charge is 0.345 e. The monoisotopic (exact) mass is 349 g/mol. The Morgan fingerprint density at radius 2 is 2.00 bits per heavy atom. The van der Waals surface area contributed by atoms with Crippen LogP contribution in [-0.2, 0) is 24.4 Å². The third-order valence-electron chi connectivity index (χ3n) is 4.30. The number of fused-ring (bicyclic) bond motifs is 1. The molecule has 4 rings (SSSR count). The number of carbonyl (C=O) groups excluding carboxylic acids is 1. The van der Waals surface area contributed by atoms with Crippen LogP contribution in [0.1, 0.15) is 12.8 Å². The van der Waals surface area contributed by atoms with E-state index in [-0.39, 0.29) is 19.0 Å². The molecule has 0 fully saturated rings. The molecule has 7 heteroatoms. The summed E-state index contributed by atoms with van der Waals surface area (Å²) in [4.78, 5) is 16.6. The van der Waals surface area contributed by atoms with Gasteiger partial charge in [-0.15, -0.1) is 0 Å². The van der Waals surface area contributed by atoms with Gasteiger partial charge in [0.1, 0.15) is 6.54 Å². The number of benzene rings is 1. The van der Waals surface area contributed by atoms with Crippen LogP contribution in [0, 0.1) is 0 Å². The number of aryl methyl sites for hydroxylation is 1. The van der Waals surface area contributed by atoms with Crippen LogP contribution in [-0.4, -0.2) is 25.2 Å². The quantitative estimate of drug-likeness (QED) is 0.581. The Morgan fingerprint density at radius 3 is 2.88 bits per heavy atom. The van der Waals surface area contributed by atoms with E-state index in [0.29, 0.717) is 11.7 Å². The normalized spacial score (nSPS) is 11.1. The second-order valence-corrected chi connectivity index (χ2v) is 5.97. The van der Waals surface area contributed by atoms with E-state index < -0.39 is 0 Å². The Bertz CT molecular complexity index is 1040. The first-order valence-electron chi connectivity index (χ1n) is 8.53. The molecule has 0 radical (unpaired) electrons. The van der Waals surface area contributed by atoms with Gasteiger partial charge in [0.2, 0.25) is 17.6 Å². The fourth-order valence-corrected chi connectivity index (χ4v) is 2.99. The van der Waals surface area contributed by atoms with Gasteiger partial charge in [0.25, 0.3) is 0 Å². The molecule has 132 valence electrons. The average molecular weight is 349 g/mol. The van der Waals surface area contributed by atoms with E-state index in [1.165, 1.54) is 0 Å². The van der Waals surface area contributed by atoms with Gasteiger partial charge in [0, 0.05) is 24.5 Å². The number of rotatable bonds is 6. The summed E-state index contributed by atoms with van der Waals surface area (Å²) in [5.74, 6) is 0.801. The lowest BCUT2D eigenvalue weighted by atomic mass is 10.2. The van der Waals surface area contributed by atoms with E-state index in [1.807, 2.05) is 64.0 Å². The molecule has 0 aliphatic carbocycles. The highest BCUT2D eigenvalue weighted by Crippen LogP contribution is 2.17. The highest BCUT2D eigenvalue weighted by Gasteiger charge is 2.13. The smallest absolute Gasteiger partial charge is 0.246 e. The Labute approximate surface area is 150 Å². The molecular formula is C19H19N5O2. The highest BCUT2D eigenvalue weighted by molar-refractivity contribution is 5.83. The number of hydrogen-bond donors (Lipinski definition) is 1. The summed E-state index contributed by atoms with van der Waals surface area (Å²) < 4.78 is 9.19. The number of para-hydroxylation sites is 1. The molecule has 1 aromatic carbocycles. The summed E-state index contributed by atoms with van der Waals surface area (Å²) in [6, 6.07) is 13.8. The summed E-state index contributed by atoms with van der Waals surface area (Å²) in [6.07, 6.45) is 3.88. The molecule has 0 spiro atoms. The minimum Gasteiger partial charge on any atom is -0.345 e. The molecule has 0 aliphatic rings. The van der Waals surface area contributed by atoms with Crippen molar-refractivity contribution in [3.63, 3.8) is 0 Å². The molecule has 0 unspecified atom stereocenters. The zero-order valence-corrected chi connectivity index (χ0v) is 14.4. The first kappa shape index (κ1) is 16.1. The third-order valence-corrected chi connectivity index (χ3v) is 4.30. The summed E-state index contributed by atoms with van der Waals surface area (Å²) >= 11 is 0. The van der Waals surface area contributed by atoms with Crippen LogP contribution in [0.5, 0.6) is 0 Å². The predicted octanol–water partition coefficient (Wildman–Crippen LogP) is 2.83. The maximum absolute atomic E-state index is 12.2. The Hall–Kier alpha value is -3.35. The number of hydrogen-bond acceptors (Lipinski definition) is 4. The molecule has 0 atom stereocenters. The van der Waals surface area contributed by atoms with Gasteiger partial charge in [-0.1, -0.05) is 23.4 Å². The van der Waals surface area contributed by atoms with Crippen LogP contribution in [0.2, 0.25) is 0 Å². The molecule has 1 amide bonds. The molecule has 0 aliphatic heterocycles. The van der Waals surface area contributed by atoms with Crippen LogP contribution < -0.4 is 5.32 Å². The molecule has 7 nitrogen and oxygen atoms in total. The molecule has 0 bridgehead atoms. The first-order valence-corrected chi connectivity index (χ1v) is 8.53. The Morgan fingerprint density at radius 1 is 1.12 bits per heavy atom. The summed E-state index contributed by atoms with van der Waals surface area (Å²) in [5, 5.41) is 7.94. The maximum Gasteiger partial charge on any atom is 0.246 e. The average Bonchev–Trinajstić information content (AvgIpc) is 3.39. The Balaban J connectivity index is 1.39. The topological polar surface area (TPSA) is 77.9 Å². The first-order chi connectivity index (χ1) is 12.7. The fraction of sp³-hybridized carbons (Fsp3) is 0.211. The fourth-order valence-electron chi connectivity index (χ4n) is 2.99. The lowest BCUT2D eigenvalue weighted by Gasteiger charge is -2.05. The van der Waals surface area contributed by atoms with Gasteiger partial charge < -0.3 is 19.0 Å². The molecule has 3 heterocycles. The molecule has 0 saturated carbocycles. The van der Waals surface area contributed by atoms with Crippen molar-refractivity contribution in [2.24, 2.45) is 0 Å². The van der Waals surface area contributed by atoms with E-state index in [2.05, 4.69) is 22.4 Å². The van der Waals surface area contributed by atoms with Gasteiger partial charge in [0.15, 0.2) is 0 Å². The summed E-state index contributed by atoms with van der Waals surface area (Å²) in [5.41, 5.74) is 1.93. The SMILES string of the molecule is CCn1cccc1-c1noc(CNC(=O)Cn2ccc3ccccc32)n1. The van der Waals surface area contributed by atoms with Crippen LogP contribution in [0.25, 0.3) is 22.4 Å². The van der Waals surface area contributed by atoms with Gasteiger partial charge in [-0.2, -0.15) is 4.98 Å². The van der Waals surface area contributed by atoms with Crippen molar-refractivity contribution in [3.05, 3.63) is 60.7 Å². The minimum absolute atomic E-state index is 0.108. The van der Waals surface area contributed by atoms with E-state index in [4.69, 9.17) is 4.52 Å². The van der Waals surface area contributed by atoms with Crippen LogP contribution in [0.3, 0.4) is 0 Å². The minimum atomic E-state index is -0.108. The standard InChI is InChI=1S/C19H19N5O2/c1-2-23-10-5-8-16(23)19-21-18(26-22-19)12-20-17(25)13-24-11-9-14-6-3-4-7-15(14)24/h3-11H,2,12-13H2,1H3,(H,20,25). The number of nitrogens with zero attached hydrogens (tertiary/aromatic N) is 4. The van der Waals surface area contributed by atoms with Crippen LogP contribution in [0.4, 0.5) is 0 Å². The molecule has 4 aromatic rings. The van der Waals surface area contributed by atoms with E-state index in [1.54, 1.807) is 0 Å². The summed E-state index contributed by atoms with van der Waals surface area (Å²) in [6.45, 7) is 3.33. The second kappa shape index (κ2) is 6.87. The Kier molecular flexibility index (Phi) is 4.27. The second-order valence-electron chi connectivity index (χ2n) is 5.97. The molecule has 3 aromatic heterocycles. The lowest BCUT2D eigenvalue weighted by Crippen LogP contribution is -2.26. The van der Waals surface area contributed by atoms with Gasteiger partial charge in [-0.25, -0.2) is 0 Å². The molecule has 26 heavy (non-hydrogen) atoms. The zero-order valence-electron chi connectivity index (χ0n) is 14.4. The van der Waals surface area contributed by atoms with Gasteiger partial charge in [0.05, 0.1) is 12.2 Å².